The summed E-state index contributed by atoms with van der Waals surface area (Å²) in [7, 11) is 1.67. The molecule has 8 heteroatoms. The maximum Gasteiger partial charge on any atom is 0.211 e. The molecule has 0 aromatic heterocycles. The van der Waals surface area contributed by atoms with Crippen molar-refractivity contribution in [3.05, 3.63) is 41.1 Å². The van der Waals surface area contributed by atoms with Gasteiger partial charge in [-0.05, 0) is 38.5 Å². The fraction of sp³-hybridized carbons (Fsp3) is 0.450. The molecule has 1 amide bonds. The average molecular weight is 414 g/mol. The van der Waals surface area contributed by atoms with Gasteiger partial charge >= 0.3 is 0 Å². The summed E-state index contributed by atoms with van der Waals surface area (Å²) in [6.45, 7) is 10.4. The van der Waals surface area contributed by atoms with Crippen molar-refractivity contribution >= 4 is 36.6 Å². The summed E-state index contributed by atoms with van der Waals surface area (Å²) in [5, 5.41) is 14.8. The fourth-order valence-electron chi connectivity index (χ4n) is 1.79. The number of carbonyl (C=O) groups is 2. The molecule has 3 N–H and O–H groups in total. The van der Waals surface area contributed by atoms with Crippen LogP contribution in [0.3, 0.4) is 0 Å². The quantitative estimate of drug-likeness (QED) is 0.328. The Morgan fingerprint density at radius 2 is 2.00 bits per heavy atom. The third kappa shape index (κ3) is 17.4. The third-order valence-electron chi connectivity index (χ3n) is 2.87. The highest BCUT2D eigenvalue weighted by atomic mass is 35.5. The number of ether oxygens (including phenoxy) is 1. The van der Waals surface area contributed by atoms with Crippen LogP contribution in [0, 0.1) is 0 Å². The van der Waals surface area contributed by atoms with Gasteiger partial charge in [0.15, 0.2) is 0 Å². The summed E-state index contributed by atoms with van der Waals surface area (Å²) in [5.74, 6) is 0. The van der Waals surface area contributed by atoms with Gasteiger partial charge in [0, 0.05) is 42.1 Å². The van der Waals surface area contributed by atoms with E-state index in [4.69, 9.17) is 26.2 Å². The van der Waals surface area contributed by atoms with Gasteiger partial charge in [0.2, 0.25) is 6.41 Å². The summed E-state index contributed by atoms with van der Waals surface area (Å²) in [6.07, 6.45) is 3.84. The number of nitrogens with zero attached hydrogens (tertiary/aromatic N) is 1. The zero-order valence-electron chi connectivity index (χ0n) is 17.1. The van der Waals surface area contributed by atoms with Gasteiger partial charge in [0.05, 0.1) is 19.8 Å². The number of halogens is 1. The lowest BCUT2D eigenvalue weighted by molar-refractivity contribution is -0.108. The molecule has 0 atom stereocenters. The molecule has 0 aliphatic carbocycles. The van der Waals surface area contributed by atoms with E-state index in [1.54, 1.807) is 25.5 Å². The molecule has 0 heterocycles. The number of rotatable bonds is 9. The second-order valence-corrected chi connectivity index (χ2v) is 6.73. The van der Waals surface area contributed by atoms with E-state index in [0.29, 0.717) is 24.6 Å². The minimum Gasteiger partial charge on any atom is -0.394 e. The molecule has 1 aromatic carbocycles. The molecule has 158 valence electrons. The van der Waals surface area contributed by atoms with Gasteiger partial charge in [-0.1, -0.05) is 23.7 Å². The average Bonchev–Trinajstić information content (AvgIpc) is 2.66. The summed E-state index contributed by atoms with van der Waals surface area (Å²) >= 11 is 5.86. The predicted molar refractivity (Wildman–Crippen MR) is 116 cm³/mol. The molecular formula is C20H32ClN3O4. The predicted octanol–water partition coefficient (Wildman–Crippen LogP) is 2.33. The van der Waals surface area contributed by atoms with Crippen LogP contribution in [0.15, 0.2) is 35.5 Å². The summed E-state index contributed by atoms with van der Waals surface area (Å²) < 4.78 is 5.07. The zero-order valence-corrected chi connectivity index (χ0v) is 17.8. The number of benzene rings is 1. The first-order chi connectivity index (χ1) is 13.3. The summed E-state index contributed by atoms with van der Waals surface area (Å²) in [5.41, 5.74) is 1.86. The Morgan fingerprint density at radius 1 is 1.32 bits per heavy atom. The van der Waals surface area contributed by atoms with E-state index < -0.39 is 0 Å². The zero-order chi connectivity index (χ0) is 21.8. The molecule has 0 aliphatic rings. The fourth-order valence-corrected chi connectivity index (χ4v) is 1.98. The van der Waals surface area contributed by atoms with Crippen LogP contribution >= 0.6 is 11.6 Å². The lowest BCUT2D eigenvalue weighted by Gasteiger charge is -2.20. The number of aliphatic hydroxyl groups excluding tert-OH is 1. The largest absolute Gasteiger partial charge is 0.394 e. The van der Waals surface area contributed by atoms with Gasteiger partial charge in [-0.15, -0.1) is 0 Å². The molecule has 28 heavy (non-hydrogen) atoms. The molecule has 0 aliphatic heterocycles. The van der Waals surface area contributed by atoms with Crippen molar-refractivity contribution in [2.24, 2.45) is 4.99 Å². The van der Waals surface area contributed by atoms with Crippen LogP contribution in [-0.4, -0.2) is 63.5 Å². The van der Waals surface area contributed by atoms with Crippen molar-refractivity contribution in [2.45, 2.75) is 26.3 Å². The minimum absolute atomic E-state index is 0.107. The number of aliphatic imine (C=N–C) groups is 1. The molecule has 1 aromatic rings. The molecule has 7 nitrogen and oxygen atoms in total. The van der Waals surface area contributed by atoms with Crippen molar-refractivity contribution in [1.82, 2.24) is 10.6 Å². The number of hydrogen-bond donors (Lipinski definition) is 3. The Kier molecular flexibility index (Phi) is 18.4. The summed E-state index contributed by atoms with van der Waals surface area (Å²) in [4.78, 5) is 22.1. The summed E-state index contributed by atoms with van der Waals surface area (Å²) in [6, 6.07) is 7.34. The van der Waals surface area contributed by atoms with Crippen LogP contribution in [0.25, 0.3) is 5.57 Å². The van der Waals surface area contributed by atoms with Gasteiger partial charge in [-0.2, -0.15) is 0 Å². The number of amides is 1. The van der Waals surface area contributed by atoms with Gasteiger partial charge in [-0.25, -0.2) is 0 Å². The maximum absolute atomic E-state index is 10.2. The van der Waals surface area contributed by atoms with Crippen molar-refractivity contribution in [3.8, 4) is 0 Å². The lowest BCUT2D eigenvalue weighted by atomic mass is 10.1. The van der Waals surface area contributed by atoms with Gasteiger partial charge in [0.1, 0.15) is 6.79 Å². The molecule has 0 spiro atoms. The second kappa shape index (κ2) is 18.3. The van der Waals surface area contributed by atoms with E-state index >= 15 is 0 Å². The van der Waals surface area contributed by atoms with Gasteiger partial charge < -0.3 is 25.3 Å². The van der Waals surface area contributed by atoms with E-state index in [9.17, 15) is 4.79 Å². The van der Waals surface area contributed by atoms with Crippen LogP contribution in [0.1, 0.15) is 26.3 Å². The normalized spacial score (nSPS) is 11.1. The first-order valence-electron chi connectivity index (χ1n) is 8.64. The monoisotopic (exact) mass is 413 g/mol. The van der Waals surface area contributed by atoms with E-state index in [2.05, 4.69) is 36.4 Å². The molecule has 0 bridgehead atoms. The third-order valence-corrected chi connectivity index (χ3v) is 3.11. The Bertz CT molecular complexity index is 587. The Labute approximate surface area is 172 Å². The Morgan fingerprint density at radius 3 is 2.50 bits per heavy atom. The van der Waals surface area contributed by atoms with Gasteiger partial charge in [0.25, 0.3) is 0 Å². The molecule has 0 radical (unpaired) electrons. The smallest absolute Gasteiger partial charge is 0.211 e. The van der Waals surface area contributed by atoms with Crippen molar-refractivity contribution in [1.29, 1.82) is 0 Å². The van der Waals surface area contributed by atoms with Crippen LogP contribution < -0.4 is 10.6 Å². The Balaban J connectivity index is 0. The first-order valence-corrected chi connectivity index (χ1v) is 9.02. The standard InChI is InChI=1S/C11H11ClN2O.C8H19NO2.CH2O/c1-13-6-10(7-14-8-15)9-3-2-4-11(12)5-9;1-8(2,3)9-4-6-11-7-5-10;1-2/h2-8H,1H3,(H,14,15);9-10H,4-7H2,1-3H3;1H2/b10-7+,13-6?;;. The second-order valence-electron chi connectivity index (χ2n) is 6.29. The van der Waals surface area contributed by atoms with Crippen LogP contribution in [0.5, 0.6) is 0 Å². The van der Waals surface area contributed by atoms with Crippen molar-refractivity contribution in [2.75, 3.05) is 33.4 Å². The highest BCUT2D eigenvalue weighted by molar-refractivity contribution is 6.31. The van der Waals surface area contributed by atoms with E-state index in [1.807, 2.05) is 25.0 Å². The van der Waals surface area contributed by atoms with E-state index in [1.165, 1.54) is 0 Å². The number of allylic oxidation sites excluding steroid dienone is 1. The van der Waals surface area contributed by atoms with Crippen LogP contribution in [-0.2, 0) is 14.3 Å². The van der Waals surface area contributed by atoms with E-state index in [-0.39, 0.29) is 12.1 Å². The van der Waals surface area contributed by atoms with Crippen LogP contribution in [0.4, 0.5) is 0 Å². The number of carbonyl (C=O) groups excluding carboxylic acids is 2. The number of aliphatic hydroxyl groups is 1. The molecular weight excluding hydrogens is 382 g/mol. The highest BCUT2D eigenvalue weighted by Gasteiger charge is 2.06. The lowest BCUT2D eigenvalue weighted by Crippen LogP contribution is -2.38. The van der Waals surface area contributed by atoms with Crippen molar-refractivity contribution in [3.63, 3.8) is 0 Å². The molecule has 0 unspecified atom stereocenters. The molecule has 0 saturated carbocycles. The topological polar surface area (TPSA) is 100 Å². The number of nitrogens with one attached hydrogen (secondary N) is 2. The SMILES string of the molecule is C=O.CC(C)(C)NCCOCCO.CN=C/C(=C\NC=O)c1cccc(Cl)c1. The molecule has 0 saturated heterocycles. The minimum atomic E-state index is 0.107. The van der Waals surface area contributed by atoms with Crippen molar-refractivity contribution < 1.29 is 19.4 Å². The van der Waals surface area contributed by atoms with E-state index in [0.717, 1.165) is 17.7 Å². The number of hydrogen-bond acceptors (Lipinski definition) is 6. The molecule has 1 rings (SSSR count). The highest BCUT2D eigenvalue weighted by Crippen LogP contribution is 2.16. The Hall–Kier alpha value is -2.06. The molecule has 0 fully saturated rings. The first kappa shape index (κ1) is 28.2. The van der Waals surface area contributed by atoms with Gasteiger partial charge in [-0.3, -0.25) is 9.79 Å². The maximum atomic E-state index is 10.2. The van der Waals surface area contributed by atoms with Crippen LogP contribution in [0.2, 0.25) is 5.02 Å².